The lowest BCUT2D eigenvalue weighted by atomic mass is 10.3. The Labute approximate surface area is 87.1 Å². The molecule has 0 aliphatic carbocycles. The molecule has 0 unspecified atom stereocenters. The fraction of sp³-hybridized carbons (Fsp3) is 0.231. The van der Waals surface area contributed by atoms with Gasteiger partial charge in [0.25, 0.3) is 0 Å². The average Bonchev–Trinajstić information content (AvgIpc) is 2.70. The Balaban J connectivity index is 0.000000791. The fourth-order valence-electron chi connectivity index (χ4n) is 0.851. The van der Waals surface area contributed by atoms with Crippen molar-refractivity contribution in [3.05, 3.63) is 55.4 Å². The van der Waals surface area contributed by atoms with Crippen molar-refractivity contribution in [2.24, 2.45) is 0 Å². The molecule has 0 spiro atoms. The monoisotopic (exact) mass is 189 g/mol. The molecule has 0 saturated heterocycles. The summed E-state index contributed by atoms with van der Waals surface area (Å²) in [6, 6.07) is 3.94. The van der Waals surface area contributed by atoms with E-state index in [-0.39, 0.29) is 0 Å². The number of aromatic nitrogens is 1. The predicted octanol–water partition coefficient (Wildman–Crippen LogP) is 4.12. The summed E-state index contributed by atoms with van der Waals surface area (Å²) < 4.78 is 1.96. The van der Waals surface area contributed by atoms with Gasteiger partial charge in [0.1, 0.15) is 0 Å². The first-order chi connectivity index (χ1) is 6.70. The van der Waals surface area contributed by atoms with E-state index < -0.39 is 0 Å². The van der Waals surface area contributed by atoms with E-state index >= 15 is 0 Å². The molecule has 1 heteroatoms. The highest BCUT2D eigenvalue weighted by molar-refractivity contribution is 5.55. The van der Waals surface area contributed by atoms with Gasteiger partial charge in [-0.3, -0.25) is 0 Å². The maximum Gasteiger partial charge on any atom is 0.0377 e. The third-order valence-electron chi connectivity index (χ3n) is 1.50. The maximum atomic E-state index is 3.90. The zero-order valence-corrected chi connectivity index (χ0v) is 9.33. The number of allylic oxidation sites excluding steroid dienone is 4. The molecular formula is C13H19N. The van der Waals surface area contributed by atoms with Crippen molar-refractivity contribution in [2.45, 2.75) is 20.8 Å². The van der Waals surface area contributed by atoms with E-state index in [1.54, 1.807) is 0 Å². The zero-order chi connectivity index (χ0) is 11.0. The van der Waals surface area contributed by atoms with Gasteiger partial charge in [-0.2, -0.15) is 0 Å². The molecule has 0 amide bonds. The van der Waals surface area contributed by atoms with Crippen molar-refractivity contribution in [1.82, 2.24) is 4.57 Å². The predicted molar refractivity (Wildman–Crippen MR) is 65.1 cm³/mol. The minimum absolute atomic E-state index is 0.947. The molecule has 14 heavy (non-hydrogen) atoms. The van der Waals surface area contributed by atoms with E-state index in [2.05, 4.69) is 13.2 Å². The molecule has 1 rings (SSSR count). The Hall–Kier alpha value is -1.50. The minimum atomic E-state index is 0.947. The minimum Gasteiger partial charge on any atom is -0.324 e. The summed E-state index contributed by atoms with van der Waals surface area (Å²) in [7, 11) is 0. The van der Waals surface area contributed by atoms with E-state index in [9.17, 15) is 0 Å². The van der Waals surface area contributed by atoms with Crippen LogP contribution in [0, 0.1) is 0 Å². The molecule has 0 radical (unpaired) electrons. The van der Waals surface area contributed by atoms with Crippen LogP contribution in [0.1, 0.15) is 20.8 Å². The van der Waals surface area contributed by atoms with Gasteiger partial charge in [0.05, 0.1) is 0 Å². The summed E-state index contributed by atoms with van der Waals surface area (Å²) in [4.78, 5) is 0. The smallest absolute Gasteiger partial charge is 0.0377 e. The molecule has 1 aromatic rings. The van der Waals surface area contributed by atoms with Crippen molar-refractivity contribution in [3.63, 3.8) is 0 Å². The van der Waals surface area contributed by atoms with Crippen LogP contribution >= 0.6 is 0 Å². The van der Waals surface area contributed by atoms with E-state index in [0.717, 1.165) is 11.3 Å². The summed E-state index contributed by atoms with van der Waals surface area (Å²) in [5.74, 6) is 0. The summed E-state index contributed by atoms with van der Waals surface area (Å²) in [5, 5.41) is 0. The van der Waals surface area contributed by atoms with Crippen molar-refractivity contribution in [1.29, 1.82) is 0 Å². The molecule has 0 aliphatic heterocycles. The Bertz CT molecular complexity index is 302. The summed E-state index contributed by atoms with van der Waals surface area (Å²) in [6.07, 6.45) is 7.82. The Morgan fingerprint density at radius 1 is 1.07 bits per heavy atom. The molecule has 0 bridgehead atoms. The van der Waals surface area contributed by atoms with E-state index in [1.807, 2.05) is 62.0 Å². The van der Waals surface area contributed by atoms with Gasteiger partial charge in [-0.25, -0.2) is 0 Å². The summed E-state index contributed by atoms with van der Waals surface area (Å²) in [6.45, 7) is 13.6. The number of hydrogen-bond acceptors (Lipinski definition) is 0. The van der Waals surface area contributed by atoms with Crippen molar-refractivity contribution >= 4 is 5.70 Å². The number of nitrogens with zero attached hydrogens (tertiary/aromatic N) is 1. The third kappa shape index (κ3) is 4.51. The first-order valence-electron chi connectivity index (χ1n) is 4.86. The zero-order valence-electron chi connectivity index (χ0n) is 9.33. The van der Waals surface area contributed by atoms with Crippen LogP contribution in [0.5, 0.6) is 0 Å². The average molecular weight is 189 g/mol. The number of hydrogen-bond donors (Lipinski definition) is 0. The molecule has 1 nitrogen and oxygen atoms in total. The van der Waals surface area contributed by atoms with E-state index in [0.29, 0.717) is 0 Å². The highest BCUT2D eigenvalue weighted by Crippen LogP contribution is 2.04. The van der Waals surface area contributed by atoms with Crippen LogP contribution in [0.15, 0.2) is 55.4 Å². The molecule has 0 saturated carbocycles. The van der Waals surface area contributed by atoms with Gasteiger partial charge in [0.2, 0.25) is 0 Å². The Morgan fingerprint density at radius 2 is 1.57 bits per heavy atom. The highest BCUT2D eigenvalue weighted by Gasteiger charge is 1.88. The lowest BCUT2D eigenvalue weighted by molar-refractivity contribution is 1.13. The van der Waals surface area contributed by atoms with Gasteiger partial charge in [0.15, 0.2) is 0 Å². The van der Waals surface area contributed by atoms with Gasteiger partial charge >= 0.3 is 0 Å². The lowest BCUT2D eigenvalue weighted by Crippen LogP contribution is -1.86. The van der Waals surface area contributed by atoms with Gasteiger partial charge < -0.3 is 4.57 Å². The highest BCUT2D eigenvalue weighted by atomic mass is 14.9. The molecular weight excluding hydrogens is 170 g/mol. The van der Waals surface area contributed by atoms with Crippen LogP contribution in [0.25, 0.3) is 5.70 Å². The largest absolute Gasteiger partial charge is 0.324 e. The molecule has 1 heterocycles. The Kier molecular flexibility index (Phi) is 6.21. The van der Waals surface area contributed by atoms with Crippen molar-refractivity contribution in [3.8, 4) is 0 Å². The SMILES string of the molecule is C=C(C)/C=C\C(=C)n1cccc1.CC. The second-order valence-electron chi connectivity index (χ2n) is 2.76. The third-order valence-corrected chi connectivity index (χ3v) is 1.50. The van der Waals surface area contributed by atoms with Crippen LogP contribution in [-0.4, -0.2) is 4.57 Å². The van der Waals surface area contributed by atoms with E-state index in [1.165, 1.54) is 0 Å². The molecule has 0 aromatic carbocycles. The van der Waals surface area contributed by atoms with Gasteiger partial charge in [0, 0.05) is 18.1 Å². The first kappa shape index (κ1) is 12.5. The second-order valence-corrected chi connectivity index (χ2v) is 2.76. The van der Waals surface area contributed by atoms with Gasteiger partial charge in [-0.05, 0) is 25.1 Å². The summed E-state index contributed by atoms with van der Waals surface area (Å²) >= 11 is 0. The topological polar surface area (TPSA) is 4.93 Å². The van der Waals surface area contributed by atoms with E-state index in [4.69, 9.17) is 0 Å². The lowest BCUT2D eigenvalue weighted by Gasteiger charge is -1.99. The van der Waals surface area contributed by atoms with Crippen molar-refractivity contribution < 1.29 is 0 Å². The normalized spacial score (nSPS) is 9.36. The quantitative estimate of drug-likeness (QED) is 0.630. The van der Waals surface area contributed by atoms with Crippen molar-refractivity contribution in [2.75, 3.05) is 0 Å². The molecule has 0 N–H and O–H groups in total. The standard InChI is InChI=1S/C11H13N.C2H6/c1-10(2)6-7-11(3)12-8-4-5-9-12;1-2/h4-9H,1,3H2,2H3;1-2H3/b7-6-;. The second kappa shape index (κ2) is 6.96. The molecule has 0 fully saturated rings. The molecule has 0 aliphatic rings. The number of rotatable bonds is 3. The summed E-state index contributed by atoms with van der Waals surface area (Å²) in [5.41, 5.74) is 1.98. The Morgan fingerprint density at radius 3 is 2.00 bits per heavy atom. The van der Waals surface area contributed by atoms with Crippen LogP contribution in [-0.2, 0) is 0 Å². The van der Waals surface area contributed by atoms with Crippen LogP contribution in [0.4, 0.5) is 0 Å². The van der Waals surface area contributed by atoms with Gasteiger partial charge in [-0.15, -0.1) is 0 Å². The molecule has 76 valence electrons. The van der Waals surface area contributed by atoms with Crippen LogP contribution in [0.2, 0.25) is 0 Å². The maximum absolute atomic E-state index is 3.90. The molecule has 0 atom stereocenters. The van der Waals surface area contributed by atoms with Crippen LogP contribution in [0.3, 0.4) is 0 Å². The molecule has 1 aromatic heterocycles. The fourth-order valence-corrected chi connectivity index (χ4v) is 0.851. The van der Waals surface area contributed by atoms with Gasteiger partial charge in [-0.1, -0.05) is 38.7 Å². The first-order valence-corrected chi connectivity index (χ1v) is 4.86. The van der Waals surface area contributed by atoms with Crippen LogP contribution < -0.4 is 0 Å².